The first-order valence-electron chi connectivity index (χ1n) is 19.0. The molecule has 0 aromatic heterocycles. The van der Waals surface area contributed by atoms with Gasteiger partial charge in [0.2, 0.25) is 0 Å². The van der Waals surface area contributed by atoms with Crippen LogP contribution in [0.3, 0.4) is 0 Å². The summed E-state index contributed by atoms with van der Waals surface area (Å²) in [4.78, 5) is 0. The third-order valence-corrected chi connectivity index (χ3v) is 32.1. The van der Waals surface area contributed by atoms with Gasteiger partial charge in [-0.1, -0.05) is 0 Å². The fraction of sp³-hybridized carbons (Fsp3) is 0.404. The van der Waals surface area contributed by atoms with E-state index in [1.165, 1.54) is 52.6 Å². The Hall–Kier alpha value is -2.54. The number of aryl methyl sites for hydroxylation is 1. The van der Waals surface area contributed by atoms with E-state index in [9.17, 15) is 0 Å². The molecule has 0 spiro atoms. The first-order valence-corrected chi connectivity index (χ1v) is 28.8. The molecule has 4 aromatic carbocycles. The summed E-state index contributed by atoms with van der Waals surface area (Å²) in [6.07, 6.45) is 7.56. The van der Waals surface area contributed by atoms with Crippen molar-refractivity contribution < 1.29 is 20.9 Å². The van der Waals surface area contributed by atoms with Crippen LogP contribution in [0.5, 0.6) is 0 Å². The maximum absolute atomic E-state index is 2.72. The summed E-state index contributed by atoms with van der Waals surface area (Å²) in [6.45, 7) is 26.8. The van der Waals surface area contributed by atoms with Crippen LogP contribution in [0, 0.1) is 5.92 Å². The molecule has 49 heavy (non-hydrogen) atoms. The molecule has 3 aliphatic carbocycles. The average molecular weight is 741 g/mol. The van der Waals surface area contributed by atoms with E-state index in [0.29, 0.717) is 9.54 Å². The number of fused-ring (bicyclic) bond motifs is 3. The van der Waals surface area contributed by atoms with Gasteiger partial charge in [-0.15, -0.1) is 0 Å². The number of benzene rings is 4. The van der Waals surface area contributed by atoms with Gasteiger partial charge in [0.1, 0.15) is 0 Å². The van der Waals surface area contributed by atoms with Crippen LogP contribution in [0.2, 0.25) is 13.1 Å². The van der Waals surface area contributed by atoms with E-state index in [4.69, 9.17) is 0 Å². The summed E-state index contributed by atoms with van der Waals surface area (Å²) in [5, 5.41) is 0. The van der Waals surface area contributed by atoms with Crippen molar-refractivity contribution in [1.82, 2.24) is 0 Å². The summed E-state index contributed by atoms with van der Waals surface area (Å²) >= 11 is -2.25. The summed E-state index contributed by atoms with van der Waals surface area (Å²) in [7, 11) is 0. The number of hydrogen-bond acceptors (Lipinski definition) is 0. The Morgan fingerprint density at radius 1 is 0.735 bits per heavy atom. The first-order chi connectivity index (χ1) is 23.1. The summed E-state index contributed by atoms with van der Waals surface area (Å²) < 4.78 is 2.53. The van der Waals surface area contributed by atoms with Crippen LogP contribution in [-0.2, 0) is 51.0 Å². The molecular weight excluding hydrogens is 684 g/mol. The third-order valence-electron chi connectivity index (χ3n) is 11.7. The van der Waals surface area contributed by atoms with Crippen molar-refractivity contribution >= 4 is 15.3 Å². The predicted molar refractivity (Wildman–Crippen MR) is 214 cm³/mol. The van der Waals surface area contributed by atoms with Crippen molar-refractivity contribution in [3.8, 4) is 22.3 Å². The van der Waals surface area contributed by atoms with Crippen LogP contribution in [0.15, 0.2) is 83.9 Å². The maximum atomic E-state index is 2.72. The molecule has 3 aliphatic rings. The van der Waals surface area contributed by atoms with Crippen molar-refractivity contribution in [2.45, 2.75) is 116 Å². The van der Waals surface area contributed by atoms with Crippen LogP contribution >= 0.6 is 0 Å². The molecule has 0 amide bonds. The van der Waals surface area contributed by atoms with Crippen LogP contribution in [0.1, 0.15) is 117 Å². The second kappa shape index (κ2) is 12.9. The van der Waals surface area contributed by atoms with Crippen molar-refractivity contribution in [2.24, 2.45) is 5.92 Å². The Labute approximate surface area is 306 Å². The van der Waals surface area contributed by atoms with Crippen molar-refractivity contribution in [1.29, 1.82) is 0 Å². The molecule has 0 saturated heterocycles. The van der Waals surface area contributed by atoms with Gasteiger partial charge in [-0.25, -0.2) is 0 Å². The topological polar surface area (TPSA) is 0 Å². The zero-order valence-corrected chi connectivity index (χ0v) is 35.7. The Balaban J connectivity index is 1.36. The second-order valence-electron chi connectivity index (χ2n) is 17.9. The zero-order chi connectivity index (χ0) is 35.0. The first kappa shape index (κ1) is 34.9. The van der Waals surface area contributed by atoms with E-state index in [2.05, 4.69) is 154 Å². The Morgan fingerprint density at radius 2 is 1.35 bits per heavy atom. The van der Waals surface area contributed by atoms with Gasteiger partial charge in [-0.2, -0.15) is 0 Å². The minimum atomic E-state index is -2.25. The molecule has 0 aliphatic heterocycles. The van der Waals surface area contributed by atoms with Crippen molar-refractivity contribution in [3.05, 3.63) is 128 Å². The summed E-state index contributed by atoms with van der Waals surface area (Å²) in [5.41, 5.74) is 22.2. The standard InChI is InChI=1S/C23H25.C22H25.C2H7Si.Zr/c1-15-12-18-14-17-6-5-7-20(17)22(21(18)13-15)16-8-10-19(11-9-16)23(2,3)4;1-15(2)18-13-17-7-6-8-20(21(17)14-18)16-9-11-19(12-10-16)22(3,4)5;1-3-2;/h8-11,14H,5-7,13H2,1-4H3;6-15H,1-5H3;3H,1-2H3;. The van der Waals surface area contributed by atoms with Crippen LogP contribution in [-0.4, -0.2) is 5.92 Å². The van der Waals surface area contributed by atoms with E-state index in [0.717, 1.165) is 6.42 Å². The number of rotatable bonds is 6. The zero-order valence-electron chi connectivity index (χ0n) is 32.1. The molecule has 0 nitrogen and oxygen atoms in total. The van der Waals surface area contributed by atoms with Gasteiger partial charge < -0.3 is 0 Å². The van der Waals surface area contributed by atoms with E-state index >= 15 is 0 Å². The molecule has 0 bridgehead atoms. The van der Waals surface area contributed by atoms with Gasteiger partial charge >= 0.3 is 308 Å². The quantitative estimate of drug-likeness (QED) is 0.173. The molecule has 7 rings (SSSR count). The van der Waals surface area contributed by atoms with Crippen LogP contribution < -0.4 is 0 Å². The van der Waals surface area contributed by atoms with Gasteiger partial charge in [0, 0.05) is 0 Å². The fourth-order valence-corrected chi connectivity index (χ4v) is 30.9. The van der Waals surface area contributed by atoms with Crippen LogP contribution in [0.4, 0.5) is 0 Å². The van der Waals surface area contributed by atoms with Gasteiger partial charge in [0.05, 0.1) is 0 Å². The van der Waals surface area contributed by atoms with E-state index < -0.39 is 26.8 Å². The predicted octanol–water partition coefficient (Wildman–Crippen LogP) is 12.8. The van der Waals surface area contributed by atoms with Gasteiger partial charge in [-0.05, 0) is 0 Å². The molecule has 0 radical (unpaired) electrons. The SMILES string of the molecule is CC1=[C]([Zr]([CH]2C(C(C)C)=Cc3c(-c4ccc(C(C)(C)C)cc4)cccc32)[SiH](C)C)c2cc3c(c(-c4ccc(C(C)(C)C)cc4)c2C1)CCC3. The number of hydrogen-bond donors (Lipinski definition) is 0. The van der Waals surface area contributed by atoms with E-state index in [1.54, 1.807) is 44.5 Å². The third kappa shape index (κ3) is 6.22. The average Bonchev–Trinajstić information content (AvgIpc) is 3.75. The second-order valence-corrected chi connectivity index (χ2v) is 37.3. The molecular formula is C47H57SiZr. The van der Waals surface area contributed by atoms with E-state index in [-0.39, 0.29) is 10.8 Å². The van der Waals surface area contributed by atoms with Gasteiger partial charge in [-0.3, -0.25) is 0 Å². The van der Waals surface area contributed by atoms with Crippen molar-refractivity contribution in [2.75, 3.05) is 0 Å². The Morgan fingerprint density at radius 3 is 1.92 bits per heavy atom. The molecule has 0 heterocycles. The Bertz CT molecular complexity index is 1970. The van der Waals surface area contributed by atoms with Gasteiger partial charge in [0.25, 0.3) is 0 Å². The molecule has 2 heteroatoms. The normalized spacial score (nSPS) is 17.2. The Kier molecular flexibility index (Phi) is 9.19. The number of allylic oxidation sites excluding steroid dienone is 2. The summed E-state index contributed by atoms with van der Waals surface area (Å²) in [5.74, 6) is -0.430. The molecule has 253 valence electrons. The monoisotopic (exact) mass is 739 g/mol. The van der Waals surface area contributed by atoms with Crippen molar-refractivity contribution in [3.63, 3.8) is 0 Å². The minimum absolute atomic E-state index is 0.162. The summed E-state index contributed by atoms with van der Waals surface area (Å²) in [6, 6.07) is 29.1. The fourth-order valence-electron chi connectivity index (χ4n) is 9.11. The van der Waals surface area contributed by atoms with E-state index in [1.807, 2.05) is 3.28 Å². The molecule has 1 atom stereocenters. The molecule has 1 unspecified atom stereocenters. The molecule has 0 N–H and O–H groups in total. The molecule has 0 saturated carbocycles. The molecule has 0 fully saturated rings. The van der Waals surface area contributed by atoms with Crippen LogP contribution in [0.25, 0.3) is 31.6 Å². The van der Waals surface area contributed by atoms with Gasteiger partial charge in [0.15, 0.2) is 0 Å². The molecule has 4 aromatic rings.